The van der Waals surface area contributed by atoms with Gasteiger partial charge in [-0.15, -0.1) is 0 Å². The van der Waals surface area contributed by atoms with E-state index in [0.29, 0.717) is 24.4 Å². The van der Waals surface area contributed by atoms with Gasteiger partial charge in [-0.1, -0.05) is 44.2 Å². The molecule has 3 rings (SSSR count). The number of nitrogens with zero attached hydrogens (tertiary/aromatic N) is 2. The van der Waals surface area contributed by atoms with E-state index in [1.165, 1.54) is 11.2 Å². The standard InChI is InChI=1S/C21H24N2O4/c1-3-22(4-2)12-13-23-18(16-11-8-14-27-16)17(20(25)21(23)26)19(24)15-9-6-5-7-10-15/h5-11,14,18,24H,3-4,12-13H2,1-2H3/b19-17-. The molecule has 1 atom stereocenters. The molecule has 1 unspecified atom stereocenters. The molecule has 2 aromatic rings. The number of likely N-dealkylation sites (N-methyl/N-ethyl adjacent to an activating group) is 1. The zero-order valence-electron chi connectivity index (χ0n) is 15.6. The number of carbonyl (C=O) groups excluding carboxylic acids is 2. The number of carbonyl (C=O) groups is 2. The van der Waals surface area contributed by atoms with Crippen LogP contribution in [0.4, 0.5) is 0 Å². The van der Waals surface area contributed by atoms with Gasteiger partial charge in [0, 0.05) is 18.7 Å². The number of aliphatic hydroxyl groups excluding tert-OH is 1. The molecular weight excluding hydrogens is 344 g/mol. The predicted molar refractivity (Wildman–Crippen MR) is 102 cm³/mol. The van der Waals surface area contributed by atoms with Gasteiger partial charge < -0.3 is 19.3 Å². The van der Waals surface area contributed by atoms with Gasteiger partial charge in [0.15, 0.2) is 0 Å². The van der Waals surface area contributed by atoms with Crippen molar-refractivity contribution in [1.82, 2.24) is 9.80 Å². The van der Waals surface area contributed by atoms with Crippen LogP contribution < -0.4 is 0 Å². The van der Waals surface area contributed by atoms with Crippen molar-refractivity contribution in [2.75, 3.05) is 26.2 Å². The molecule has 1 aliphatic heterocycles. The number of furan rings is 1. The molecule has 0 spiro atoms. The SMILES string of the molecule is CCN(CC)CCN1C(=O)C(=O)/C(=C(\O)c2ccccc2)C1c1ccco1. The number of amides is 1. The minimum Gasteiger partial charge on any atom is -0.507 e. The van der Waals surface area contributed by atoms with E-state index in [1.807, 2.05) is 6.07 Å². The third-order valence-corrected chi connectivity index (χ3v) is 4.95. The van der Waals surface area contributed by atoms with Crippen LogP contribution in [0.5, 0.6) is 0 Å². The molecule has 27 heavy (non-hydrogen) atoms. The van der Waals surface area contributed by atoms with Crippen LogP contribution in [0.25, 0.3) is 5.76 Å². The highest BCUT2D eigenvalue weighted by Gasteiger charge is 2.47. The number of aliphatic hydroxyl groups is 1. The van der Waals surface area contributed by atoms with Crippen molar-refractivity contribution in [2.24, 2.45) is 0 Å². The molecule has 1 aromatic heterocycles. The van der Waals surface area contributed by atoms with E-state index in [1.54, 1.807) is 36.4 Å². The van der Waals surface area contributed by atoms with Crippen molar-refractivity contribution in [1.29, 1.82) is 0 Å². The Balaban J connectivity index is 2.02. The van der Waals surface area contributed by atoms with Gasteiger partial charge in [0.1, 0.15) is 17.6 Å². The van der Waals surface area contributed by atoms with Crippen molar-refractivity contribution in [2.45, 2.75) is 19.9 Å². The maximum Gasteiger partial charge on any atom is 0.295 e. The van der Waals surface area contributed by atoms with E-state index in [4.69, 9.17) is 4.42 Å². The number of hydrogen-bond donors (Lipinski definition) is 1. The molecule has 1 saturated heterocycles. The highest BCUT2D eigenvalue weighted by Crippen LogP contribution is 2.39. The first-order valence-electron chi connectivity index (χ1n) is 9.18. The molecule has 1 N–H and O–H groups in total. The molecule has 142 valence electrons. The molecule has 1 amide bonds. The van der Waals surface area contributed by atoms with E-state index >= 15 is 0 Å². The predicted octanol–water partition coefficient (Wildman–Crippen LogP) is 3.04. The average molecular weight is 368 g/mol. The van der Waals surface area contributed by atoms with Crippen LogP contribution in [0.15, 0.2) is 58.7 Å². The maximum atomic E-state index is 12.8. The Morgan fingerprint density at radius 2 is 1.81 bits per heavy atom. The summed E-state index contributed by atoms with van der Waals surface area (Å²) in [4.78, 5) is 29.1. The van der Waals surface area contributed by atoms with E-state index in [-0.39, 0.29) is 11.3 Å². The van der Waals surface area contributed by atoms with Gasteiger partial charge in [0.25, 0.3) is 11.7 Å². The molecule has 2 heterocycles. The monoisotopic (exact) mass is 368 g/mol. The van der Waals surface area contributed by atoms with Gasteiger partial charge in [-0.2, -0.15) is 0 Å². The minimum absolute atomic E-state index is 0.0701. The number of ketones is 1. The summed E-state index contributed by atoms with van der Waals surface area (Å²) in [6, 6.07) is 11.5. The van der Waals surface area contributed by atoms with E-state index in [9.17, 15) is 14.7 Å². The molecule has 0 bridgehead atoms. The number of rotatable bonds is 7. The van der Waals surface area contributed by atoms with Crippen molar-refractivity contribution >= 4 is 17.4 Å². The second-order valence-corrected chi connectivity index (χ2v) is 6.40. The Morgan fingerprint density at radius 3 is 2.41 bits per heavy atom. The van der Waals surface area contributed by atoms with Crippen LogP contribution >= 0.6 is 0 Å². The normalized spacial score (nSPS) is 19.2. The lowest BCUT2D eigenvalue weighted by Gasteiger charge is -2.26. The summed E-state index contributed by atoms with van der Waals surface area (Å²) in [5.74, 6) is -1.01. The lowest BCUT2D eigenvalue weighted by molar-refractivity contribution is -0.140. The fourth-order valence-electron chi connectivity index (χ4n) is 3.39. The van der Waals surface area contributed by atoms with E-state index in [0.717, 1.165) is 13.1 Å². The Bertz CT molecular complexity index is 823. The Morgan fingerprint density at radius 1 is 1.11 bits per heavy atom. The molecule has 0 saturated carbocycles. The molecule has 1 aliphatic rings. The molecule has 0 radical (unpaired) electrons. The first-order chi connectivity index (χ1) is 13.1. The number of hydrogen-bond acceptors (Lipinski definition) is 5. The van der Waals surface area contributed by atoms with Gasteiger partial charge in [-0.3, -0.25) is 9.59 Å². The summed E-state index contributed by atoms with van der Waals surface area (Å²) in [6.07, 6.45) is 1.50. The highest BCUT2D eigenvalue weighted by atomic mass is 16.3. The Hall–Kier alpha value is -2.86. The van der Waals surface area contributed by atoms with Crippen LogP contribution in [0.3, 0.4) is 0 Å². The third-order valence-electron chi connectivity index (χ3n) is 4.95. The van der Waals surface area contributed by atoms with Crippen molar-refractivity contribution in [3.05, 3.63) is 65.6 Å². The van der Waals surface area contributed by atoms with Crippen LogP contribution in [0.1, 0.15) is 31.2 Å². The summed E-state index contributed by atoms with van der Waals surface area (Å²) >= 11 is 0. The number of benzene rings is 1. The van der Waals surface area contributed by atoms with Crippen molar-refractivity contribution < 1.29 is 19.1 Å². The average Bonchev–Trinajstić information content (AvgIpc) is 3.31. The first-order valence-corrected chi connectivity index (χ1v) is 9.18. The quantitative estimate of drug-likeness (QED) is 0.462. The number of likely N-dealkylation sites (tertiary alicyclic amines) is 1. The fraction of sp³-hybridized carbons (Fsp3) is 0.333. The second kappa shape index (κ2) is 8.22. The largest absolute Gasteiger partial charge is 0.507 e. The van der Waals surface area contributed by atoms with Crippen LogP contribution in [0.2, 0.25) is 0 Å². The van der Waals surface area contributed by atoms with Gasteiger partial charge in [0.05, 0.1) is 11.8 Å². The minimum atomic E-state index is -0.726. The van der Waals surface area contributed by atoms with Gasteiger partial charge in [-0.05, 0) is 25.2 Å². The van der Waals surface area contributed by atoms with Gasteiger partial charge >= 0.3 is 0 Å². The van der Waals surface area contributed by atoms with Crippen molar-refractivity contribution in [3.8, 4) is 0 Å². The summed E-state index contributed by atoms with van der Waals surface area (Å²) in [5.41, 5.74) is 0.566. The van der Waals surface area contributed by atoms with Crippen LogP contribution in [0, 0.1) is 0 Å². The summed E-state index contributed by atoms with van der Waals surface area (Å²) in [5, 5.41) is 10.8. The smallest absolute Gasteiger partial charge is 0.295 e. The van der Waals surface area contributed by atoms with Crippen LogP contribution in [-0.2, 0) is 9.59 Å². The lowest BCUT2D eigenvalue weighted by Crippen LogP contribution is -2.37. The fourth-order valence-corrected chi connectivity index (χ4v) is 3.39. The molecule has 6 nitrogen and oxygen atoms in total. The summed E-state index contributed by atoms with van der Waals surface area (Å²) in [6.45, 7) is 6.84. The molecule has 1 aromatic carbocycles. The third kappa shape index (κ3) is 3.66. The second-order valence-electron chi connectivity index (χ2n) is 6.40. The summed E-state index contributed by atoms with van der Waals surface area (Å²) < 4.78 is 5.52. The van der Waals surface area contributed by atoms with E-state index < -0.39 is 17.7 Å². The molecule has 1 fully saturated rings. The van der Waals surface area contributed by atoms with Crippen LogP contribution in [-0.4, -0.2) is 52.8 Å². The topological polar surface area (TPSA) is 74.0 Å². The summed E-state index contributed by atoms with van der Waals surface area (Å²) in [7, 11) is 0. The molecular formula is C21H24N2O4. The first kappa shape index (κ1) is 18.9. The molecule has 0 aliphatic carbocycles. The lowest BCUT2D eigenvalue weighted by atomic mass is 9.99. The van der Waals surface area contributed by atoms with E-state index in [2.05, 4.69) is 18.7 Å². The zero-order chi connectivity index (χ0) is 19.4. The van der Waals surface area contributed by atoms with Gasteiger partial charge in [0.2, 0.25) is 0 Å². The Kier molecular flexibility index (Phi) is 5.76. The number of Topliss-reactive ketones (excluding diaryl/α,β-unsaturated/α-hetero) is 1. The van der Waals surface area contributed by atoms with Gasteiger partial charge in [-0.25, -0.2) is 0 Å². The van der Waals surface area contributed by atoms with Crippen molar-refractivity contribution in [3.63, 3.8) is 0 Å². The zero-order valence-corrected chi connectivity index (χ0v) is 15.6. The maximum absolute atomic E-state index is 12.8. The highest BCUT2D eigenvalue weighted by molar-refractivity contribution is 6.46. The Labute approximate surface area is 158 Å². The molecule has 6 heteroatoms.